The van der Waals surface area contributed by atoms with E-state index in [4.69, 9.17) is 10.2 Å². The molecule has 0 spiro atoms. The Morgan fingerprint density at radius 3 is 2.53 bits per heavy atom. The van der Waals surface area contributed by atoms with E-state index in [2.05, 4.69) is 30.9 Å². The molecule has 0 fully saturated rings. The standard InChI is InChI=1S/C13H12O2S2/c1-9-2-6-12(16-9)13-7-5-11(17-13)4-3-10(15)8-14/h2,5-7,10,14-15H,8H2,1H3/t10-/m0/s1. The molecule has 0 radical (unpaired) electrons. The van der Waals surface area contributed by atoms with Crippen LogP contribution in [-0.4, -0.2) is 22.9 Å². The van der Waals surface area contributed by atoms with Gasteiger partial charge in [-0.1, -0.05) is 11.8 Å². The Bertz CT molecular complexity index is 557. The number of aryl methyl sites for hydroxylation is 1. The van der Waals surface area contributed by atoms with Crippen LogP contribution in [0.2, 0.25) is 0 Å². The first-order valence-electron chi connectivity index (χ1n) is 5.16. The number of rotatable bonds is 2. The third kappa shape index (κ3) is 3.18. The molecule has 0 aliphatic carbocycles. The largest absolute Gasteiger partial charge is 0.393 e. The summed E-state index contributed by atoms with van der Waals surface area (Å²) in [5.74, 6) is 5.44. The summed E-state index contributed by atoms with van der Waals surface area (Å²) in [5, 5.41) is 17.8. The number of thiophene rings is 2. The van der Waals surface area contributed by atoms with Crippen LogP contribution >= 0.6 is 22.7 Å². The van der Waals surface area contributed by atoms with Gasteiger partial charge in [0.2, 0.25) is 0 Å². The molecule has 2 aromatic heterocycles. The van der Waals surface area contributed by atoms with Gasteiger partial charge in [0, 0.05) is 14.6 Å². The highest BCUT2D eigenvalue weighted by Gasteiger charge is 2.03. The molecule has 0 unspecified atom stereocenters. The average molecular weight is 264 g/mol. The molecular formula is C13H12O2S2. The lowest BCUT2D eigenvalue weighted by molar-refractivity contribution is 0.138. The van der Waals surface area contributed by atoms with Crippen LogP contribution in [-0.2, 0) is 0 Å². The maximum atomic E-state index is 9.13. The van der Waals surface area contributed by atoms with Crippen molar-refractivity contribution in [3.05, 3.63) is 34.0 Å². The van der Waals surface area contributed by atoms with Crippen molar-refractivity contribution in [1.29, 1.82) is 0 Å². The second-order valence-corrected chi connectivity index (χ2v) is 5.91. The molecular weight excluding hydrogens is 252 g/mol. The maximum absolute atomic E-state index is 9.13. The van der Waals surface area contributed by atoms with Gasteiger partial charge in [0.25, 0.3) is 0 Å². The van der Waals surface area contributed by atoms with E-state index >= 15 is 0 Å². The van der Waals surface area contributed by atoms with E-state index in [0.717, 1.165) is 4.88 Å². The van der Waals surface area contributed by atoms with E-state index in [1.165, 1.54) is 14.6 Å². The van der Waals surface area contributed by atoms with Crippen molar-refractivity contribution in [3.63, 3.8) is 0 Å². The third-order valence-corrected chi connectivity index (χ3v) is 4.32. The molecule has 2 rings (SSSR count). The van der Waals surface area contributed by atoms with Crippen LogP contribution in [0.4, 0.5) is 0 Å². The van der Waals surface area contributed by atoms with E-state index in [9.17, 15) is 0 Å². The molecule has 88 valence electrons. The summed E-state index contributed by atoms with van der Waals surface area (Å²) >= 11 is 3.35. The zero-order chi connectivity index (χ0) is 12.3. The van der Waals surface area contributed by atoms with Crippen LogP contribution in [0.15, 0.2) is 24.3 Å². The monoisotopic (exact) mass is 264 g/mol. The zero-order valence-corrected chi connectivity index (χ0v) is 10.9. The Hall–Kier alpha value is -1.12. The fourth-order valence-electron chi connectivity index (χ4n) is 1.30. The predicted octanol–water partition coefficient (Wildman–Crippen LogP) is 2.49. The number of hydrogen-bond acceptors (Lipinski definition) is 4. The van der Waals surface area contributed by atoms with E-state index < -0.39 is 6.10 Å². The Labute approximate surface area is 108 Å². The average Bonchev–Trinajstić information content (AvgIpc) is 2.94. The summed E-state index contributed by atoms with van der Waals surface area (Å²) in [6.07, 6.45) is -0.954. The Kier molecular flexibility index (Phi) is 3.97. The van der Waals surface area contributed by atoms with E-state index in [1.807, 2.05) is 12.1 Å². The molecule has 2 N–H and O–H groups in total. The predicted molar refractivity (Wildman–Crippen MR) is 72.3 cm³/mol. The van der Waals surface area contributed by atoms with Crippen molar-refractivity contribution in [2.75, 3.05) is 6.61 Å². The van der Waals surface area contributed by atoms with Gasteiger partial charge in [0.05, 0.1) is 11.5 Å². The van der Waals surface area contributed by atoms with Crippen LogP contribution in [0, 0.1) is 18.8 Å². The first kappa shape index (κ1) is 12.3. The van der Waals surface area contributed by atoms with Gasteiger partial charge in [-0.15, -0.1) is 22.7 Å². The SMILES string of the molecule is Cc1ccc(-c2ccc(C#C[C@H](O)CO)s2)s1. The molecule has 0 bridgehead atoms. The molecule has 0 saturated heterocycles. The molecule has 2 heterocycles. The molecule has 1 atom stereocenters. The molecule has 2 aromatic rings. The van der Waals surface area contributed by atoms with Crippen molar-refractivity contribution in [1.82, 2.24) is 0 Å². The zero-order valence-electron chi connectivity index (χ0n) is 9.30. The van der Waals surface area contributed by atoms with Gasteiger partial charge >= 0.3 is 0 Å². The van der Waals surface area contributed by atoms with Crippen molar-refractivity contribution in [2.45, 2.75) is 13.0 Å². The van der Waals surface area contributed by atoms with Gasteiger partial charge in [0.1, 0.15) is 6.10 Å². The third-order valence-electron chi connectivity index (χ3n) is 2.12. The minimum Gasteiger partial charge on any atom is -0.393 e. The number of aliphatic hydroxyl groups is 2. The minimum atomic E-state index is -0.954. The quantitative estimate of drug-likeness (QED) is 0.818. The van der Waals surface area contributed by atoms with E-state index in [0.29, 0.717) is 0 Å². The van der Waals surface area contributed by atoms with Gasteiger partial charge in [-0.2, -0.15) is 0 Å². The second kappa shape index (κ2) is 5.48. The summed E-state index contributed by atoms with van der Waals surface area (Å²) in [7, 11) is 0. The number of aliphatic hydroxyl groups excluding tert-OH is 2. The van der Waals surface area contributed by atoms with Crippen LogP contribution in [0.5, 0.6) is 0 Å². The molecule has 0 aliphatic heterocycles. The molecule has 4 heteroatoms. The van der Waals surface area contributed by atoms with Gasteiger partial charge in [0.15, 0.2) is 0 Å². The topological polar surface area (TPSA) is 40.5 Å². The van der Waals surface area contributed by atoms with Crippen molar-refractivity contribution >= 4 is 22.7 Å². The first-order chi connectivity index (χ1) is 8.19. The Balaban J connectivity index is 2.18. The van der Waals surface area contributed by atoms with Gasteiger partial charge < -0.3 is 10.2 Å². The summed E-state index contributed by atoms with van der Waals surface area (Å²) in [4.78, 5) is 4.62. The molecule has 0 aromatic carbocycles. The summed E-state index contributed by atoms with van der Waals surface area (Å²) in [6.45, 7) is 1.76. The second-order valence-electron chi connectivity index (χ2n) is 3.54. The molecule has 0 amide bonds. The van der Waals surface area contributed by atoms with Crippen LogP contribution < -0.4 is 0 Å². The highest BCUT2D eigenvalue weighted by molar-refractivity contribution is 7.22. The Morgan fingerprint density at radius 1 is 1.18 bits per heavy atom. The lowest BCUT2D eigenvalue weighted by Crippen LogP contribution is -2.07. The summed E-state index contributed by atoms with van der Waals surface area (Å²) in [6, 6.07) is 8.17. The van der Waals surface area contributed by atoms with Crippen molar-refractivity contribution in [2.24, 2.45) is 0 Å². The molecule has 0 aliphatic rings. The van der Waals surface area contributed by atoms with Crippen molar-refractivity contribution < 1.29 is 10.2 Å². The lowest BCUT2D eigenvalue weighted by atomic mass is 10.3. The normalized spacial score (nSPS) is 11.9. The van der Waals surface area contributed by atoms with Crippen LogP contribution in [0.3, 0.4) is 0 Å². The fraction of sp³-hybridized carbons (Fsp3) is 0.231. The first-order valence-corrected chi connectivity index (χ1v) is 6.79. The lowest BCUT2D eigenvalue weighted by Gasteiger charge is -1.92. The van der Waals surface area contributed by atoms with Gasteiger partial charge in [-0.05, 0) is 31.2 Å². The number of hydrogen-bond donors (Lipinski definition) is 2. The highest BCUT2D eigenvalue weighted by Crippen LogP contribution is 2.32. The smallest absolute Gasteiger partial charge is 0.138 e. The van der Waals surface area contributed by atoms with Gasteiger partial charge in [-0.25, -0.2) is 0 Å². The van der Waals surface area contributed by atoms with Crippen LogP contribution in [0.1, 0.15) is 9.75 Å². The van der Waals surface area contributed by atoms with E-state index in [-0.39, 0.29) is 6.61 Å². The minimum absolute atomic E-state index is 0.324. The van der Waals surface area contributed by atoms with Crippen LogP contribution in [0.25, 0.3) is 9.75 Å². The van der Waals surface area contributed by atoms with E-state index in [1.54, 1.807) is 22.7 Å². The van der Waals surface area contributed by atoms with Gasteiger partial charge in [-0.3, -0.25) is 0 Å². The molecule has 0 saturated carbocycles. The fourth-order valence-corrected chi connectivity index (χ4v) is 3.13. The summed E-state index contributed by atoms with van der Waals surface area (Å²) < 4.78 is 0. The highest BCUT2D eigenvalue weighted by atomic mass is 32.1. The summed E-state index contributed by atoms with van der Waals surface area (Å²) in [5.41, 5.74) is 0. The molecule has 2 nitrogen and oxygen atoms in total. The molecule has 17 heavy (non-hydrogen) atoms. The Morgan fingerprint density at radius 2 is 1.88 bits per heavy atom. The maximum Gasteiger partial charge on any atom is 0.138 e. The van der Waals surface area contributed by atoms with Crippen molar-refractivity contribution in [3.8, 4) is 21.6 Å².